The van der Waals surface area contributed by atoms with Gasteiger partial charge in [0, 0.05) is 32.3 Å². The fourth-order valence-electron chi connectivity index (χ4n) is 2.51. The van der Waals surface area contributed by atoms with E-state index in [1.165, 1.54) is 16.4 Å². The maximum atomic E-state index is 12.5. The molecule has 0 N–H and O–H groups in total. The monoisotopic (exact) mass is 400 g/mol. The van der Waals surface area contributed by atoms with Crippen molar-refractivity contribution in [2.75, 3.05) is 26.2 Å². The number of piperazine rings is 1. The van der Waals surface area contributed by atoms with Crippen molar-refractivity contribution < 1.29 is 17.6 Å². The maximum Gasteiger partial charge on any atom is 0.252 e. The van der Waals surface area contributed by atoms with Gasteiger partial charge in [0.1, 0.15) is 15.7 Å². The average molecular weight is 401 g/mol. The molecule has 25 heavy (non-hydrogen) atoms. The Morgan fingerprint density at radius 1 is 1.20 bits per heavy atom. The van der Waals surface area contributed by atoms with Crippen molar-refractivity contribution >= 4 is 44.9 Å². The lowest BCUT2D eigenvalue weighted by Crippen LogP contribution is -2.50. The zero-order chi connectivity index (χ0) is 18.0. The van der Waals surface area contributed by atoms with E-state index in [4.69, 9.17) is 16.0 Å². The lowest BCUT2D eigenvalue weighted by Gasteiger charge is -2.33. The summed E-state index contributed by atoms with van der Waals surface area (Å²) in [6, 6.07) is 6.69. The average Bonchev–Trinajstić information content (AvgIpc) is 3.21. The number of thiophene rings is 1. The molecule has 0 unspecified atom stereocenters. The zero-order valence-corrected chi connectivity index (χ0v) is 15.9. The molecule has 134 valence electrons. The molecule has 6 nitrogen and oxygen atoms in total. The highest BCUT2D eigenvalue weighted by atomic mass is 35.5. The van der Waals surface area contributed by atoms with Crippen LogP contribution in [-0.2, 0) is 14.8 Å². The smallest absolute Gasteiger partial charge is 0.252 e. The number of halogens is 1. The van der Waals surface area contributed by atoms with E-state index in [1.807, 2.05) is 13.0 Å². The van der Waals surface area contributed by atoms with E-state index in [0.717, 1.165) is 17.1 Å². The minimum Gasteiger partial charge on any atom is -0.462 e. The molecule has 2 aromatic heterocycles. The second kappa shape index (κ2) is 7.33. The number of nitrogens with zero attached hydrogens (tertiary/aromatic N) is 2. The maximum absolute atomic E-state index is 12.5. The van der Waals surface area contributed by atoms with Crippen molar-refractivity contribution in [1.29, 1.82) is 0 Å². The highest BCUT2D eigenvalue weighted by Crippen LogP contribution is 2.28. The molecule has 1 fully saturated rings. The van der Waals surface area contributed by atoms with Crippen LogP contribution < -0.4 is 0 Å². The zero-order valence-electron chi connectivity index (χ0n) is 13.5. The molecule has 0 aromatic carbocycles. The van der Waals surface area contributed by atoms with E-state index < -0.39 is 10.0 Å². The summed E-state index contributed by atoms with van der Waals surface area (Å²) < 4.78 is 32.5. The topological polar surface area (TPSA) is 70.8 Å². The van der Waals surface area contributed by atoms with Crippen LogP contribution in [0.2, 0.25) is 4.34 Å². The molecule has 2 aromatic rings. The summed E-state index contributed by atoms with van der Waals surface area (Å²) in [5.74, 6) is 1.23. The highest BCUT2D eigenvalue weighted by Gasteiger charge is 2.30. The van der Waals surface area contributed by atoms with Crippen molar-refractivity contribution in [3.05, 3.63) is 46.2 Å². The Bertz CT molecular complexity index is 893. The van der Waals surface area contributed by atoms with Gasteiger partial charge in [-0.1, -0.05) is 11.6 Å². The van der Waals surface area contributed by atoms with E-state index in [2.05, 4.69) is 0 Å². The largest absolute Gasteiger partial charge is 0.462 e. The van der Waals surface area contributed by atoms with Gasteiger partial charge >= 0.3 is 0 Å². The molecule has 9 heteroatoms. The van der Waals surface area contributed by atoms with Crippen LogP contribution in [0.1, 0.15) is 11.5 Å². The van der Waals surface area contributed by atoms with Gasteiger partial charge in [0.15, 0.2) is 0 Å². The van der Waals surface area contributed by atoms with Gasteiger partial charge in [0.05, 0.1) is 4.34 Å². The molecule has 0 bridgehead atoms. The van der Waals surface area contributed by atoms with Gasteiger partial charge in [0.2, 0.25) is 5.91 Å². The molecule has 0 saturated carbocycles. The molecule has 1 aliphatic rings. The number of aryl methyl sites for hydroxylation is 1. The van der Waals surface area contributed by atoms with Gasteiger partial charge in [-0.15, -0.1) is 11.3 Å². The Morgan fingerprint density at radius 3 is 2.48 bits per heavy atom. The second-order valence-corrected chi connectivity index (χ2v) is 9.45. The van der Waals surface area contributed by atoms with Gasteiger partial charge in [0.25, 0.3) is 10.0 Å². The Hall–Kier alpha value is -1.61. The Balaban J connectivity index is 1.60. The van der Waals surface area contributed by atoms with E-state index in [0.29, 0.717) is 23.2 Å². The molecule has 3 heterocycles. The molecule has 1 aliphatic heterocycles. The molecule has 0 spiro atoms. The fourth-order valence-corrected chi connectivity index (χ4v) is 5.57. The predicted octanol–water partition coefficient (Wildman–Crippen LogP) is 2.85. The molecule has 1 saturated heterocycles. The molecule has 0 aliphatic carbocycles. The number of hydrogen-bond acceptors (Lipinski definition) is 5. The molecular weight excluding hydrogens is 384 g/mol. The molecular formula is C16H17ClN2O4S2. The summed E-state index contributed by atoms with van der Waals surface area (Å²) >= 11 is 6.86. The standard InChI is InChI=1S/C16H17ClN2O4S2/c1-12-2-3-13(23-12)4-6-15(20)18-8-10-19(11-9-18)25(21,22)16-7-5-14(17)24-16/h2-7H,8-11H2,1H3/b6-4+. The van der Waals surface area contributed by atoms with Crippen LogP contribution in [0, 0.1) is 6.92 Å². The SMILES string of the molecule is Cc1ccc(/C=C/C(=O)N2CCN(S(=O)(=O)c3ccc(Cl)s3)CC2)o1. The van der Waals surface area contributed by atoms with Crippen LogP contribution in [0.5, 0.6) is 0 Å². The normalized spacial score (nSPS) is 16.6. The van der Waals surface area contributed by atoms with Gasteiger partial charge in [-0.25, -0.2) is 8.42 Å². The lowest BCUT2D eigenvalue weighted by molar-refractivity contribution is -0.127. The summed E-state index contributed by atoms with van der Waals surface area (Å²) in [6.07, 6.45) is 3.06. The van der Waals surface area contributed by atoms with Gasteiger partial charge < -0.3 is 9.32 Å². The van der Waals surface area contributed by atoms with Crippen LogP contribution in [0.25, 0.3) is 6.08 Å². The number of amides is 1. The van der Waals surface area contributed by atoms with Crippen molar-refractivity contribution in [2.45, 2.75) is 11.1 Å². The number of rotatable bonds is 4. The number of furan rings is 1. The van der Waals surface area contributed by atoms with E-state index in [9.17, 15) is 13.2 Å². The van der Waals surface area contributed by atoms with Crippen molar-refractivity contribution in [1.82, 2.24) is 9.21 Å². The first-order valence-electron chi connectivity index (χ1n) is 7.65. The van der Waals surface area contributed by atoms with Gasteiger partial charge in [-0.3, -0.25) is 4.79 Å². The van der Waals surface area contributed by atoms with Crippen LogP contribution in [-0.4, -0.2) is 49.7 Å². The van der Waals surface area contributed by atoms with Crippen molar-refractivity contribution in [3.63, 3.8) is 0 Å². The third-order valence-corrected chi connectivity index (χ3v) is 7.44. The highest BCUT2D eigenvalue weighted by molar-refractivity contribution is 7.91. The number of carbonyl (C=O) groups excluding carboxylic acids is 1. The molecule has 0 atom stereocenters. The fraction of sp³-hybridized carbons (Fsp3) is 0.312. The molecule has 0 radical (unpaired) electrons. The van der Waals surface area contributed by atoms with Crippen LogP contribution in [0.4, 0.5) is 0 Å². The van der Waals surface area contributed by atoms with Crippen LogP contribution in [0.15, 0.2) is 39.0 Å². The predicted molar refractivity (Wildman–Crippen MR) is 97.1 cm³/mol. The van der Waals surface area contributed by atoms with Crippen molar-refractivity contribution in [2.24, 2.45) is 0 Å². The minimum atomic E-state index is -3.55. The summed E-state index contributed by atoms with van der Waals surface area (Å²) in [5, 5.41) is 0. The number of sulfonamides is 1. The lowest BCUT2D eigenvalue weighted by atomic mass is 10.3. The summed E-state index contributed by atoms with van der Waals surface area (Å²) in [6.45, 7) is 3.05. The van der Waals surface area contributed by atoms with Crippen molar-refractivity contribution in [3.8, 4) is 0 Å². The summed E-state index contributed by atoms with van der Waals surface area (Å²) in [4.78, 5) is 13.8. The van der Waals surface area contributed by atoms with Gasteiger partial charge in [-0.2, -0.15) is 4.31 Å². The number of carbonyl (C=O) groups is 1. The minimum absolute atomic E-state index is 0.162. The Labute approximate surface area is 155 Å². The first kappa shape index (κ1) is 18.2. The van der Waals surface area contributed by atoms with Crippen LogP contribution >= 0.6 is 22.9 Å². The second-order valence-electron chi connectivity index (χ2n) is 5.57. The first-order chi connectivity index (χ1) is 11.9. The number of hydrogen-bond donors (Lipinski definition) is 0. The quantitative estimate of drug-likeness (QED) is 0.740. The first-order valence-corrected chi connectivity index (χ1v) is 10.3. The van der Waals surface area contributed by atoms with Crippen LogP contribution in [0.3, 0.4) is 0 Å². The molecule has 3 rings (SSSR count). The van der Waals surface area contributed by atoms with Gasteiger partial charge in [-0.05, 0) is 37.3 Å². The Kier molecular flexibility index (Phi) is 5.33. The van der Waals surface area contributed by atoms with E-state index >= 15 is 0 Å². The Morgan fingerprint density at radius 2 is 1.92 bits per heavy atom. The van der Waals surface area contributed by atoms with E-state index in [1.54, 1.807) is 23.1 Å². The summed E-state index contributed by atoms with van der Waals surface area (Å²) in [5.41, 5.74) is 0. The van der Waals surface area contributed by atoms with E-state index in [-0.39, 0.29) is 23.2 Å². The summed E-state index contributed by atoms with van der Waals surface area (Å²) in [7, 11) is -3.55. The third-order valence-electron chi connectivity index (χ3n) is 3.84. The molecule has 1 amide bonds. The third kappa shape index (κ3) is 4.14.